The van der Waals surface area contributed by atoms with Crippen LogP contribution in [-0.4, -0.2) is 4.92 Å². The van der Waals surface area contributed by atoms with Crippen molar-refractivity contribution in [3.63, 3.8) is 0 Å². The molecule has 1 aromatic carbocycles. The maximum Gasteiger partial charge on any atom is 0.277 e. The van der Waals surface area contributed by atoms with Gasteiger partial charge in [0.05, 0.1) is 27.7 Å². The number of benzene rings is 1. The minimum absolute atomic E-state index is 0.144. The molecule has 2 aromatic rings. The number of nitro benzene ring substituents is 1. The van der Waals surface area contributed by atoms with Gasteiger partial charge in [-0.05, 0) is 18.6 Å². The summed E-state index contributed by atoms with van der Waals surface area (Å²) in [5.74, 6) is -0.877. The Bertz CT molecular complexity index is 700. The van der Waals surface area contributed by atoms with Gasteiger partial charge in [0.25, 0.3) is 5.69 Å². The molecule has 1 heterocycles. The second-order valence-electron chi connectivity index (χ2n) is 3.79. The first-order valence-corrected chi connectivity index (χ1v) is 5.95. The van der Waals surface area contributed by atoms with E-state index < -0.39 is 27.1 Å². The number of hydrogen-bond acceptors (Lipinski definition) is 4. The normalized spacial score (nSPS) is 10.2. The Balaban J connectivity index is 2.82. The zero-order chi connectivity index (χ0) is 14.2. The standard InChI is InChI=1S/C12H6F2N2O2S/c1-6-2-10(16(17)18)8(3-7(6)4-15)11-9(13)5-19-12(11)14/h2-3,5H,1H3. The topological polar surface area (TPSA) is 66.9 Å². The Morgan fingerprint density at radius 2 is 2.11 bits per heavy atom. The molecule has 0 aliphatic carbocycles. The molecule has 0 radical (unpaired) electrons. The fourth-order valence-electron chi connectivity index (χ4n) is 1.71. The van der Waals surface area contributed by atoms with Crippen LogP contribution >= 0.6 is 11.3 Å². The third-order valence-corrected chi connectivity index (χ3v) is 3.37. The first-order valence-electron chi connectivity index (χ1n) is 5.07. The van der Waals surface area contributed by atoms with E-state index in [1.165, 1.54) is 6.92 Å². The highest BCUT2D eigenvalue weighted by molar-refractivity contribution is 7.08. The molecule has 19 heavy (non-hydrogen) atoms. The van der Waals surface area contributed by atoms with Gasteiger partial charge in [-0.1, -0.05) is 0 Å². The lowest BCUT2D eigenvalue weighted by Crippen LogP contribution is -1.96. The van der Waals surface area contributed by atoms with E-state index in [2.05, 4.69) is 0 Å². The summed E-state index contributed by atoms with van der Waals surface area (Å²) in [6.45, 7) is 1.52. The molecule has 2 rings (SSSR count). The van der Waals surface area contributed by atoms with Gasteiger partial charge >= 0.3 is 0 Å². The Morgan fingerprint density at radius 1 is 1.42 bits per heavy atom. The first kappa shape index (κ1) is 13.1. The number of halogens is 2. The van der Waals surface area contributed by atoms with E-state index in [1.54, 1.807) is 0 Å². The molecule has 4 nitrogen and oxygen atoms in total. The van der Waals surface area contributed by atoms with Crippen LogP contribution < -0.4 is 0 Å². The van der Waals surface area contributed by atoms with E-state index in [9.17, 15) is 18.9 Å². The van der Waals surface area contributed by atoms with Crippen molar-refractivity contribution in [1.82, 2.24) is 0 Å². The largest absolute Gasteiger partial charge is 0.277 e. The van der Waals surface area contributed by atoms with Gasteiger partial charge in [-0.3, -0.25) is 10.1 Å². The second-order valence-corrected chi connectivity index (χ2v) is 4.62. The Kier molecular flexibility index (Phi) is 3.27. The molecule has 0 fully saturated rings. The monoisotopic (exact) mass is 280 g/mol. The molecule has 7 heteroatoms. The molecule has 0 aliphatic rings. The predicted molar refractivity (Wildman–Crippen MR) is 65.8 cm³/mol. The van der Waals surface area contributed by atoms with Crippen LogP contribution in [0.2, 0.25) is 0 Å². The predicted octanol–water partition coefficient (Wildman–Crippen LogP) is 3.78. The molecule has 0 amide bonds. The molecule has 1 aromatic heterocycles. The molecule has 0 atom stereocenters. The van der Waals surface area contributed by atoms with Crippen molar-refractivity contribution in [2.24, 2.45) is 0 Å². The van der Waals surface area contributed by atoms with Gasteiger partial charge in [0.1, 0.15) is 5.82 Å². The number of thiophene rings is 1. The van der Waals surface area contributed by atoms with E-state index in [1.807, 2.05) is 6.07 Å². The van der Waals surface area contributed by atoms with Gasteiger partial charge in [-0.25, -0.2) is 4.39 Å². The quantitative estimate of drug-likeness (QED) is 0.621. The minimum Gasteiger partial charge on any atom is -0.258 e. The molecular formula is C12H6F2N2O2S. The average molecular weight is 280 g/mol. The van der Waals surface area contributed by atoms with Gasteiger partial charge in [-0.2, -0.15) is 9.65 Å². The average Bonchev–Trinajstić information content (AvgIpc) is 2.69. The van der Waals surface area contributed by atoms with Crippen molar-refractivity contribution >= 4 is 17.0 Å². The highest BCUT2D eigenvalue weighted by Gasteiger charge is 2.24. The summed E-state index contributed by atoms with van der Waals surface area (Å²) >= 11 is 0.517. The number of hydrogen-bond donors (Lipinski definition) is 0. The van der Waals surface area contributed by atoms with Gasteiger partial charge in [-0.15, -0.1) is 11.3 Å². The smallest absolute Gasteiger partial charge is 0.258 e. The van der Waals surface area contributed by atoms with Crippen LogP contribution in [0.5, 0.6) is 0 Å². The van der Waals surface area contributed by atoms with Gasteiger partial charge in [0.2, 0.25) is 0 Å². The lowest BCUT2D eigenvalue weighted by Gasteiger charge is -2.05. The summed E-state index contributed by atoms with van der Waals surface area (Å²) in [4.78, 5) is 10.3. The summed E-state index contributed by atoms with van der Waals surface area (Å²) in [5.41, 5.74) is -0.580. The van der Waals surface area contributed by atoms with Crippen LogP contribution in [0.1, 0.15) is 11.1 Å². The summed E-state index contributed by atoms with van der Waals surface area (Å²) in [7, 11) is 0. The molecule has 0 saturated heterocycles. The van der Waals surface area contributed by atoms with Gasteiger partial charge in [0, 0.05) is 11.4 Å². The Labute approximate surface area is 110 Å². The molecule has 0 spiro atoms. The number of aryl methyl sites for hydroxylation is 1. The Hall–Kier alpha value is -2.33. The van der Waals surface area contributed by atoms with Crippen LogP contribution in [0.4, 0.5) is 14.5 Å². The number of nitro groups is 1. The zero-order valence-corrected chi connectivity index (χ0v) is 10.4. The van der Waals surface area contributed by atoms with Crippen molar-refractivity contribution in [2.75, 3.05) is 0 Å². The van der Waals surface area contributed by atoms with Crippen LogP contribution in [0.3, 0.4) is 0 Å². The Morgan fingerprint density at radius 3 is 2.58 bits per heavy atom. The first-order chi connectivity index (χ1) is 8.95. The van der Waals surface area contributed by atoms with Crippen molar-refractivity contribution in [1.29, 1.82) is 5.26 Å². The molecule has 0 unspecified atom stereocenters. The van der Waals surface area contributed by atoms with E-state index in [-0.39, 0.29) is 11.1 Å². The number of nitrogens with zero attached hydrogens (tertiary/aromatic N) is 2. The number of nitriles is 1. The van der Waals surface area contributed by atoms with E-state index in [4.69, 9.17) is 5.26 Å². The summed E-state index contributed by atoms with van der Waals surface area (Å²) in [6, 6.07) is 4.12. The summed E-state index contributed by atoms with van der Waals surface area (Å²) in [5, 5.41) is 20.0. The maximum absolute atomic E-state index is 13.5. The summed E-state index contributed by atoms with van der Waals surface area (Å²) in [6.07, 6.45) is 0. The molecule has 0 saturated carbocycles. The van der Waals surface area contributed by atoms with Crippen molar-refractivity contribution < 1.29 is 13.7 Å². The van der Waals surface area contributed by atoms with Crippen LogP contribution in [0.25, 0.3) is 11.1 Å². The van der Waals surface area contributed by atoms with Crippen LogP contribution in [0, 0.1) is 39.3 Å². The fraction of sp³-hybridized carbons (Fsp3) is 0.0833. The lowest BCUT2D eigenvalue weighted by atomic mass is 9.99. The summed E-state index contributed by atoms with van der Waals surface area (Å²) < 4.78 is 27.1. The second kappa shape index (κ2) is 4.74. The third kappa shape index (κ3) is 2.18. The highest BCUT2D eigenvalue weighted by atomic mass is 32.1. The highest BCUT2D eigenvalue weighted by Crippen LogP contribution is 2.37. The lowest BCUT2D eigenvalue weighted by molar-refractivity contribution is -0.384. The van der Waals surface area contributed by atoms with E-state index in [0.29, 0.717) is 16.9 Å². The van der Waals surface area contributed by atoms with Crippen molar-refractivity contribution in [3.05, 3.63) is 49.7 Å². The molecule has 0 N–H and O–H groups in total. The van der Waals surface area contributed by atoms with Crippen molar-refractivity contribution in [2.45, 2.75) is 6.92 Å². The third-order valence-electron chi connectivity index (χ3n) is 2.63. The van der Waals surface area contributed by atoms with Gasteiger partial charge < -0.3 is 0 Å². The van der Waals surface area contributed by atoms with Gasteiger partial charge in [0.15, 0.2) is 5.13 Å². The minimum atomic E-state index is -0.877. The van der Waals surface area contributed by atoms with E-state index >= 15 is 0 Å². The molecule has 96 valence electrons. The molecular weight excluding hydrogens is 274 g/mol. The van der Waals surface area contributed by atoms with Crippen LogP contribution in [0.15, 0.2) is 17.5 Å². The zero-order valence-electron chi connectivity index (χ0n) is 9.61. The molecule has 0 aliphatic heterocycles. The maximum atomic E-state index is 13.5. The fourth-order valence-corrected chi connectivity index (χ4v) is 2.36. The van der Waals surface area contributed by atoms with Crippen molar-refractivity contribution in [3.8, 4) is 17.2 Å². The van der Waals surface area contributed by atoms with Crippen LogP contribution in [-0.2, 0) is 0 Å². The van der Waals surface area contributed by atoms with E-state index in [0.717, 1.165) is 17.5 Å². The number of rotatable bonds is 2. The SMILES string of the molecule is Cc1cc([N+](=O)[O-])c(-c2c(F)csc2F)cc1C#N. The molecule has 0 bridgehead atoms.